The van der Waals surface area contributed by atoms with Crippen molar-refractivity contribution >= 4 is 23.5 Å². The van der Waals surface area contributed by atoms with Gasteiger partial charge in [-0.2, -0.15) is 0 Å². The van der Waals surface area contributed by atoms with Crippen LogP contribution in [0, 0.1) is 0 Å². The summed E-state index contributed by atoms with van der Waals surface area (Å²) in [7, 11) is 0. The molecule has 0 bridgehead atoms. The lowest BCUT2D eigenvalue weighted by atomic mass is 10.0. The highest BCUT2D eigenvalue weighted by molar-refractivity contribution is 6.61. The lowest BCUT2D eigenvalue weighted by molar-refractivity contribution is -0.153. The summed E-state index contributed by atoms with van der Waals surface area (Å²) in [6.07, 6.45) is 9.85. The highest BCUT2D eigenvalue weighted by Gasteiger charge is 2.20. The topological polar surface area (TPSA) is 109 Å². The van der Waals surface area contributed by atoms with E-state index in [1.54, 1.807) is 0 Å². The molecule has 0 heterocycles. The van der Waals surface area contributed by atoms with Crippen molar-refractivity contribution in [2.24, 2.45) is 0 Å². The Labute approximate surface area is 130 Å². The maximum Gasteiger partial charge on any atom is 0.380 e. The van der Waals surface area contributed by atoms with Gasteiger partial charge in [0.15, 0.2) is 0 Å². The molecule has 0 saturated carbocycles. The second kappa shape index (κ2) is 13.0. The summed E-state index contributed by atoms with van der Waals surface area (Å²) in [5, 5.41) is 16.8. The van der Waals surface area contributed by atoms with Gasteiger partial charge in [-0.05, 0) is 12.8 Å². The Hall–Kier alpha value is -1.72. The van der Waals surface area contributed by atoms with Crippen molar-refractivity contribution in [1.82, 2.24) is 0 Å². The Bertz CT molecular complexity index is 375. The van der Waals surface area contributed by atoms with Crippen LogP contribution in [-0.2, 0) is 19.2 Å². The van der Waals surface area contributed by atoms with Gasteiger partial charge in [0.25, 0.3) is 0 Å². The average Bonchev–Trinajstić information content (AvgIpc) is 2.46. The third-order valence-corrected chi connectivity index (χ3v) is 3.49. The van der Waals surface area contributed by atoms with Gasteiger partial charge in [0.2, 0.25) is 5.78 Å². The minimum Gasteiger partial charge on any atom is -0.481 e. The third kappa shape index (κ3) is 12.1. The van der Waals surface area contributed by atoms with Crippen molar-refractivity contribution in [2.75, 3.05) is 0 Å². The van der Waals surface area contributed by atoms with E-state index >= 15 is 0 Å². The van der Waals surface area contributed by atoms with Gasteiger partial charge >= 0.3 is 17.7 Å². The van der Waals surface area contributed by atoms with E-state index in [0.29, 0.717) is 6.42 Å². The van der Waals surface area contributed by atoms with E-state index < -0.39 is 23.5 Å². The van der Waals surface area contributed by atoms with Crippen molar-refractivity contribution in [2.45, 2.75) is 77.0 Å². The summed E-state index contributed by atoms with van der Waals surface area (Å²) in [5.74, 6) is -4.53. The van der Waals surface area contributed by atoms with Crippen molar-refractivity contribution < 1.29 is 29.4 Å². The van der Waals surface area contributed by atoms with Gasteiger partial charge in [0.05, 0.1) is 0 Å². The van der Waals surface area contributed by atoms with Gasteiger partial charge < -0.3 is 10.2 Å². The molecule has 126 valence electrons. The Morgan fingerprint density at radius 3 is 1.27 bits per heavy atom. The maximum absolute atomic E-state index is 11.1. The molecule has 0 aromatic carbocycles. The van der Waals surface area contributed by atoms with E-state index in [1.807, 2.05) is 0 Å². The smallest absolute Gasteiger partial charge is 0.380 e. The van der Waals surface area contributed by atoms with Gasteiger partial charge in [-0.15, -0.1) is 0 Å². The Morgan fingerprint density at radius 1 is 0.545 bits per heavy atom. The van der Waals surface area contributed by atoms with E-state index in [1.165, 1.54) is 0 Å². The zero-order valence-electron chi connectivity index (χ0n) is 13.0. The molecule has 0 amide bonds. The van der Waals surface area contributed by atoms with E-state index in [-0.39, 0.29) is 12.8 Å². The minimum absolute atomic E-state index is 0.0225. The summed E-state index contributed by atoms with van der Waals surface area (Å²) in [5.41, 5.74) is 0. The van der Waals surface area contributed by atoms with Crippen LogP contribution in [0.2, 0.25) is 0 Å². The second-order valence-electron chi connectivity index (χ2n) is 5.49. The van der Waals surface area contributed by atoms with Crippen LogP contribution in [0.15, 0.2) is 0 Å². The van der Waals surface area contributed by atoms with Gasteiger partial charge in [-0.1, -0.05) is 51.4 Å². The predicted octanol–water partition coefficient (Wildman–Crippen LogP) is 2.98. The summed E-state index contributed by atoms with van der Waals surface area (Å²) in [6, 6.07) is 0. The first-order valence-corrected chi connectivity index (χ1v) is 7.97. The Morgan fingerprint density at radius 2 is 0.909 bits per heavy atom. The predicted molar refractivity (Wildman–Crippen MR) is 80.7 cm³/mol. The first-order chi connectivity index (χ1) is 10.4. The van der Waals surface area contributed by atoms with Crippen molar-refractivity contribution in [1.29, 1.82) is 0 Å². The van der Waals surface area contributed by atoms with E-state index in [0.717, 1.165) is 57.8 Å². The normalized spacial score (nSPS) is 10.4. The van der Waals surface area contributed by atoms with E-state index in [2.05, 4.69) is 0 Å². The number of Topliss-reactive ketones (excluding diaryl/α,β-unsaturated/α-hetero) is 2. The molecule has 6 nitrogen and oxygen atoms in total. The van der Waals surface area contributed by atoms with Crippen LogP contribution in [0.4, 0.5) is 0 Å². The molecule has 0 saturated heterocycles. The van der Waals surface area contributed by atoms with Crippen molar-refractivity contribution in [3.63, 3.8) is 0 Å². The van der Waals surface area contributed by atoms with Crippen LogP contribution in [0.1, 0.15) is 77.0 Å². The number of carbonyl (C=O) groups is 4. The molecule has 0 aromatic heterocycles. The first kappa shape index (κ1) is 20.3. The van der Waals surface area contributed by atoms with Crippen LogP contribution in [0.3, 0.4) is 0 Å². The molecule has 0 atom stereocenters. The molecule has 0 aliphatic heterocycles. The van der Waals surface area contributed by atoms with Crippen molar-refractivity contribution in [3.05, 3.63) is 0 Å². The first-order valence-electron chi connectivity index (χ1n) is 7.97. The molecule has 0 rings (SSSR count). The molecule has 0 fully saturated rings. The summed E-state index contributed by atoms with van der Waals surface area (Å²) in [6.45, 7) is 0. The number of aliphatic carboxylic acids is 2. The van der Waals surface area contributed by atoms with Crippen LogP contribution in [0.5, 0.6) is 0 Å². The summed E-state index contributed by atoms with van der Waals surface area (Å²) in [4.78, 5) is 42.5. The van der Waals surface area contributed by atoms with Crippen molar-refractivity contribution in [3.8, 4) is 0 Å². The Balaban J connectivity index is 3.27. The van der Waals surface area contributed by atoms with Crippen LogP contribution >= 0.6 is 0 Å². The summed E-state index contributed by atoms with van der Waals surface area (Å²) >= 11 is 0. The molecule has 6 heteroatoms. The lowest BCUT2D eigenvalue weighted by Crippen LogP contribution is -2.22. The van der Waals surface area contributed by atoms with Gasteiger partial charge in [-0.25, -0.2) is 4.79 Å². The molecular weight excluding hydrogens is 288 g/mol. The average molecular weight is 314 g/mol. The fourth-order valence-electron chi connectivity index (χ4n) is 2.21. The molecular formula is C16H26O6. The number of hydrogen-bond acceptors (Lipinski definition) is 4. The number of carboxylic acids is 2. The highest BCUT2D eigenvalue weighted by Crippen LogP contribution is 2.12. The maximum atomic E-state index is 11.1. The van der Waals surface area contributed by atoms with Gasteiger partial charge in [0.1, 0.15) is 0 Å². The monoisotopic (exact) mass is 314 g/mol. The fourth-order valence-corrected chi connectivity index (χ4v) is 2.21. The largest absolute Gasteiger partial charge is 0.481 e. The minimum atomic E-state index is -1.67. The molecule has 2 N–H and O–H groups in total. The van der Waals surface area contributed by atoms with Gasteiger partial charge in [0, 0.05) is 12.8 Å². The SMILES string of the molecule is O=C(O)CCCCCCCCCCCCC(=O)C(=O)C(=O)O. The molecule has 22 heavy (non-hydrogen) atoms. The second-order valence-corrected chi connectivity index (χ2v) is 5.49. The lowest BCUT2D eigenvalue weighted by Gasteiger charge is -2.02. The summed E-state index contributed by atoms with van der Waals surface area (Å²) < 4.78 is 0. The van der Waals surface area contributed by atoms with E-state index in [4.69, 9.17) is 10.2 Å². The molecule has 0 spiro atoms. The molecule has 0 aliphatic rings. The number of carboxylic acid groups (broad SMARTS) is 2. The zero-order chi connectivity index (χ0) is 16.8. The number of unbranched alkanes of at least 4 members (excludes halogenated alkanes) is 9. The number of hydrogen-bond donors (Lipinski definition) is 2. The van der Waals surface area contributed by atoms with Crippen LogP contribution < -0.4 is 0 Å². The van der Waals surface area contributed by atoms with Crippen LogP contribution in [-0.4, -0.2) is 33.7 Å². The number of carbonyl (C=O) groups excluding carboxylic acids is 2. The number of ketones is 2. The fraction of sp³-hybridized carbons (Fsp3) is 0.750. The number of rotatable bonds is 15. The molecule has 0 aliphatic carbocycles. The molecule has 0 unspecified atom stereocenters. The van der Waals surface area contributed by atoms with E-state index in [9.17, 15) is 19.2 Å². The van der Waals surface area contributed by atoms with Gasteiger partial charge in [-0.3, -0.25) is 14.4 Å². The molecule has 0 aromatic rings. The molecule has 0 radical (unpaired) electrons. The quantitative estimate of drug-likeness (QED) is 0.273. The standard InChI is InChI=1S/C16H26O6/c17-13(15(20)16(21)22)11-9-7-5-3-1-2-4-6-8-10-12-14(18)19/h1-12H2,(H,18,19)(H,21,22). The third-order valence-electron chi connectivity index (χ3n) is 3.49. The highest BCUT2D eigenvalue weighted by atomic mass is 16.4. The zero-order valence-corrected chi connectivity index (χ0v) is 13.0. The Kier molecular flexibility index (Phi) is 12.0. The van der Waals surface area contributed by atoms with Crippen LogP contribution in [0.25, 0.3) is 0 Å².